The molecular weight excluding hydrogens is 366 g/mol. The van der Waals surface area contributed by atoms with Crippen LogP contribution in [0.3, 0.4) is 0 Å². The highest BCUT2D eigenvalue weighted by Crippen LogP contribution is 2.15. The summed E-state index contributed by atoms with van der Waals surface area (Å²) in [5.41, 5.74) is 9.52. The van der Waals surface area contributed by atoms with Crippen LogP contribution in [0.15, 0.2) is 39.3 Å². The normalized spacial score (nSPS) is 10.9. The van der Waals surface area contributed by atoms with Crippen LogP contribution in [0.4, 0.5) is 0 Å². The summed E-state index contributed by atoms with van der Waals surface area (Å²) in [6.45, 7) is 1.98. The molecule has 0 spiro atoms. The number of halogens is 1. The number of hydrazone groups is 1. The Labute approximate surface area is 153 Å². The first kappa shape index (κ1) is 18.4. The van der Waals surface area contributed by atoms with Gasteiger partial charge in [0, 0.05) is 17.0 Å². The lowest BCUT2D eigenvalue weighted by Gasteiger charge is -2.07. The van der Waals surface area contributed by atoms with Gasteiger partial charge in [-0.3, -0.25) is 10.2 Å². The Balaban J connectivity index is 2.39. The quantitative estimate of drug-likeness (QED) is 0.233. The maximum absolute atomic E-state index is 12.4. The molecule has 0 saturated carbocycles. The first-order chi connectivity index (χ1) is 11.5. The molecule has 0 atom stereocenters. The lowest BCUT2D eigenvalue weighted by Crippen LogP contribution is -2.25. The summed E-state index contributed by atoms with van der Waals surface area (Å²) in [5, 5.41) is 5.14. The molecule has 0 fully saturated rings. The zero-order valence-electron chi connectivity index (χ0n) is 12.9. The van der Waals surface area contributed by atoms with Crippen molar-refractivity contribution in [1.82, 2.24) is 15.4 Å². The van der Waals surface area contributed by atoms with Crippen LogP contribution in [0.5, 0.6) is 0 Å². The molecule has 4 N–H and O–H groups in total. The van der Waals surface area contributed by atoms with Gasteiger partial charge in [-0.05, 0) is 35.7 Å². The lowest BCUT2D eigenvalue weighted by atomic mass is 10.1. The van der Waals surface area contributed by atoms with E-state index in [1.54, 1.807) is 12.1 Å². The van der Waals surface area contributed by atoms with Gasteiger partial charge in [0.05, 0.1) is 11.9 Å². The van der Waals surface area contributed by atoms with E-state index in [-0.39, 0.29) is 10.7 Å². The molecule has 1 heterocycles. The van der Waals surface area contributed by atoms with Crippen LogP contribution in [0, 0.1) is 0 Å². The molecule has 0 bridgehead atoms. The second kappa shape index (κ2) is 8.81. The number of nitrogens with zero attached hydrogens (tertiary/aromatic N) is 2. The third-order valence-corrected chi connectivity index (χ3v) is 4.06. The zero-order chi connectivity index (χ0) is 17.5. The average molecular weight is 382 g/mol. The Kier molecular flexibility index (Phi) is 6.77. The fraction of sp³-hybridized carbons (Fsp3) is 0.200. The van der Waals surface area contributed by atoms with Crippen LogP contribution in [0.1, 0.15) is 23.7 Å². The van der Waals surface area contributed by atoms with E-state index in [1.807, 2.05) is 19.1 Å². The third-order valence-electron chi connectivity index (χ3n) is 2.96. The Bertz CT molecular complexity index is 805. The molecule has 126 valence electrons. The molecule has 0 saturated heterocycles. The topological polar surface area (TPSA) is 96.2 Å². The molecule has 2 rings (SSSR count). The fourth-order valence-corrected chi connectivity index (χ4v) is 2.72. The number of thioether (sulfide) groups is 1. The molecule has 2 aromatic rings. The van der Waals surface area contributed by atoms with Gasteiger partial charge in [0.2, 0.25) is 0 Å². The Morgan fingerprint density at radius 2 is 2.21 bits per heavy atom. The number of H-pyrrole nitrogens is 1. The van der Waals surface area contributed by atoms with E-state index in [0.29, 0.717) is 27.9 Å². The number of nitrogens with two attached hydrogens (primary N) is 1. The van der Waals surface area contributed by atoms with Crippen LogP contribution >= 0.6 is 35.6 Å². The maximum Gasteiger partial charge on any atom is 0.255 e. The Hall–Kier alpha value is -1.90. The van der Waals surface area contributed by atoms with Crippen molar-refractivity contribution in [3.8, 4) is 0 Å². The number of thiocarbonyl (C=S) groups is 1. The van der Waals surface area contributed by atoms with Gasteiger partial charge in [-0.1, -0.05) is 42.4 Å². The summed E-state index contributed by atoms with van der Waals surface area (Å²) in [4.78, 5) is 19.7. The van der Waals surface area contributed by atoms with Crippen LogP contribution in [-0.2, 0) is 6.42 Å². The summed E-state index contributed by atoms with van der Waals surface area (Å²) in [6.07, 6.45) is 1.85. The summed E-state index contributed by atoms with van der Waals surface area (Å²) in [5.74, 6) is 0.793. The molecule has 24 heavy (non-hydrogen) atoms. The van der Waals surface area contributed by atoms with E-state index in [9.17, 15) is 4.79 Å². The van der Waals surface area contributed by atoms with Crippen molar-refractivity contribution < 1.29 is 0 Å². The van der Waals surface area contributed by atoms with Crippen LogP contribution < -0.4 is 16.7 Å². The first-order valence-corrected chi connectivity index (χ1v) is 8.85. The highest BCUT2D eigenvalue weighted by molar-refractivity contribution is 7.99. The monoisotopic (exact) mass is 381 g/mol. The third kappa shape index (κ3) is 5.33. The minimum atomic E-state index is -0.201. The Morgan fingerprint density at radius 1 is 1.50 bits per heavy atom. The van der Waals surface area contributed by atoms with Gasteiger partial charge < -0.3 is 10.7 Å². The standard InChI is InChI=1S/C15H16ClN5OS2/c1-2-24-15-19-12(8-18-21-14(17)23)11(13(22)20-15)7-9-3-5-10(16)6-4-9/h3-6,8H,2,7H2,1H3,(H3,17,21,23)(H,19,20,22). The molecule has 0 amide bonds. The summed E-state index contributed by atoms with van der Waals surface area (Å²) in [7, 11) is 0. The molecule has 9 heteroatoms. The van der Waals surface area contributed by atoms with Gasteiger partial charge in [0.1, 0.15) is 0 Å². The smallest absolute Gasteiger partial charge is 0.255 e. The highest BCUT2D eigenvalue weighted by Gasteiger charge is 2.11. The lowest BCUT2D eigenvalue weighted by molar-refractivity contribution is 0.891. The van der Waals surface area contributed by atoms with Crippen molar-refractivity contribution in [3.63, 3.8) is 0 Å². The van der Waals surface area contributed by atoms with Gasteiger partial charge >= 0.3 is 0 Å². The fourth-order valence-electron chi connectivity index (χ4n) is 1.94. The van der Waals surface area contributed by atoms with Crippen molar-refractivity contribution in [2.45, 2.75) is 18.5 Å². The van der Waals surface area contributed by atoms with Gasteiger partial charge in [0.15, 0.2) is 10.3 Å². The molecule has 0 aliphatic rings. The van der Waals surface area contributed by atoms with Crippen LogP contribution in [0.25, 0.3) is 0 Å². The molecule has 0 aliphatic heterocycles. The number of hydrogen-bond donors (Lipinski definition) is 3. The summed E-state index contributed by atoms with van der Waals surface area (Å²) < 4.78 is 0. The SMILES string of the molecule is CCSc1nc(C=NNC(N)=S)c(Cc2ccc(Cl)cc2)c(=O)[nH]1. The van der Waals surface area contributed by atoms with Crippen molar-refractivity contribution in [2.24, 2.45) is 10.8 Å². The predicted molar refractivity (Wildman–Crippen MR) is 103 cm³/mol. The van der Waals surface area contributed by atoms with Gasteiger partial charge in [-0.25, -0.2) is 4.98 Å². The van der Waals surface area contributed by atoms with Crippen molar-refractivity contribution >= 4 is 46.9 Å². The molecule has 1 aromatic heterocycles. The van der Waals surface area contributed by atoms with E-state index in [4.69, 9.17) is 29.6 Å². The van der Waals surface area contributed by atoms with E-state index in [0.717, 1.165) is 11.3 Å². The molecular formula is C15H16ClN5OS2. The average Bonchev–Trinajstić information content (AvgIpc) is 2.52. The van der Waals surface area contributed by atoms with Crippen LogP contribution in [0.2, 0.25) is 5.02 Å². The minimum absolute atomic E-state index is 0.0403. The molecule has 0 aliphatic carbocycles. The number of benzene rings is 1. The summed E-state index contributed by atoms with van der Waals surface area (Å²) in [6, 6.07) is 7.29. The Morgan fingerprint density at radius 3 is 2.83 bits per heavy atom. The number of rotatable bonds is 6. The number of aromatic amines is 1. The zero-order valence-corrected chi connectivity index (χ0v) is 15.3. The maximum atomic E-state index is 12.4. The molecule has 0 radical (unpaired) electrons. The molecule has 1 aromatic carbocycles. The van der Waals surface area contributed by atoms with Gasteiger partial charge in [-0.15, -0.1) is 0 Å². The second-order valence-corrected chi connectivity index (χ2v) is 6.83. The van der Waals surface area contributed by atoms with E-state index < -0.39 is 0 Å². The predicted octanol–water partition coefficient (Wildman–Crippen LogP) is 2.29. The molecule has 0 unspecified atom stereocenters. The molecule has 6 nitrogen and oxygen atoms in total. The van der Waals surface area contributed by atoms with Gasteiger partial charge in [0.25, 0.3) is 5.56 Å². The van der Waals surface area contributed by atoms with Gasteiger partial charge in [-0.2, -0.15) is 5.10 Å². The second-order valence-electron chi connectivity index (χ2n) is 4.71. The minimum Gasteiger partial charge on any atom is -0.375 e. The van der Waals surface area contributed by atoms with Crippen molar-refractivity contribution in [2.75, 3.05) is 5.75 Å². The largest absolute Gasteiger partial charge is 0.375 e. The van der Waals surface area contributed by atoms with Crippen molar-refractivity contribution in [3.05, 3.63) is 56.5 Å². The van der Waals surface area contributed by atoms with E-state index in [2.05, 4.69) is 20.5 Å². The number of hydrogen-bond acceptors (Lipinski definition) is 5. The van der Waals surface area contributed by atoms with Crippen molar-refractivity contribution in [1.29, 1.82) is 0 Å². The number of aromatic nitrogens is 2. The van der Waals surface area contributed by atoms with E-state index in [1.165, 1.54) is 18.0 Å². The van der Waals surface area contributed by atoms with E-state index >= 15 is 0 Å². The highest BCUT2D eigenvalue weighted by atomic mass is 35.5. The number of nitrogens with one attached hydrogen (secondary N) is 2. The first-order valence-electron chi connectivity index (χ1n) is 7.08. The summed E-state index contributed by atoms with van der Waals surface area (Å²) >= 11 is 12.0. The van der Waals surface area contributed by atoms with Crippen LogP contribution in [-0.4, -0.2) is 27.0 Å².